The monoisotopic (exact) mass is 439 g/mol. The van der Waals surface area contributed by atoms with Crippen LogP contribution < -0.4 is 11.1 Å². The largest absolute Gasteiger partial charge is 0.489 e. The molecule has 0 aromatic carbocycles. The summed E-state index contributed by atoms with van der Waals surface area (Å²) >= 11 is 0. The second-order valence-corrected chi connectivity index (χ2v) is 7.76. The lowest BCUT2D eigenvalue weighted by Gasteiger charge is -2.17. The van der Waals surface area contributed by atoms with E-state index < -0.39 is 0 Å². The summed E-state index contributed by atoms with van der Waals surface area (Å²) in [6, 6.07) is 5.80. The molecule has 1 aliphatic rings. The first-order chi connectivity index (χ1) is 15.5. The van der Waals surface area contributed by atoms with Crippen molar-refractivity contribution >= 4 is 28.4 Å². The van der Waals surface area contributed by atoms with E-state index in [1.165, 1.54) is 25.3 Å². The molecule has 9 nitrogen and oxygen atoms in total. The fourth-order valence-corrected chi connectivity index (χ4v) is 3.40. The van der Waals surface area contributed by atoms with Crippen LogP contribution in [0.2, 0.25) is 0 Å². The van der Waals surface area contributed by atoms with E-state index in [2.05, 4.69) is 29.3 Å². The number of rotatable bonds is 12. The molecular weight excluding hydrogens is 406 g/mol. The van der Waals surface area contributed by atoms with Crippen molar-refractivity contribution in [3.05, 3.63) is 48.0 Å². The SMILES string of the molecule is CCCCCN(C)CCNc1nn2ccccc2c1/N=C1\C=C(OCCO)C(=N)C=C1N. The van der Waals surface area contributed by atoms with Gasteiger partial charge in [0, 0.05) is 25.4 Å². The topological polar surface area (TPSA) is 124 Å². The number of fused-ring (bicyclic) bond motifs is 1. The molecule has 0 aliphatic heterocycles. The molecule has 2 heterocycles. The first-order valence-electron chi connectivity index (χ1n) is 11.0. The first kappa shape index (κ1) is 23.5. The summed E-state index contributed by atoms with van der Waals surface area (Å²) in [6.45, 7) is 4.88. The minimum absolute atomic E-state index is 0.102. The molecule has 0 atom stereocenters. The first-order valence-corrected chi connectivity index (χ1v) is 11.0. The molecule has 0 bridgehead atoms. The van der Waals surface area contributed by atoms with Crippen molar-refractivity contribution in [2.45, 2.75) is 26.2 Å². The van der Waals surface area contributed by atoms with Crippen LogP contribution in [0.25, 0.3) is 5.52 Å². The second-order valence-electron chi connectivity index (χ2n) is 7.76. The lowest BCUT2D eigenvalue weighted by Crippen LogP contribution is -2.26. The molecule has 1 aliphatic carbocycles. The van der Waals surface area contributed by atoms with Crippen molar-refractivity contribution in [2.75, 3.05) is 45.2 Å². The summed E-state index contributed by atoms with van der Waals surface area (Å²) in [5.41, 5.74) is 8.70. The van der Waals surface area contributed by atoms with Crippen LogP contribution in [0.15, 0.2) is 53.0 Å². The average Bonchev–Trinajstić information content (AvgIpc) is 3.12. The Morgan fingerprint density at radius 3 is 2.91 bits per heavy atom. The zero-order valence-corrected chi connectivity index (χ0v) is 18.8. The van der Waals surface area contributed by atoms with Crippen molar-refractivity contribution in [2.24, 2.45) is 10.7 Å². The molecule has 5 N–H and O–H groups in total. The molecule has 32 heavy (non-hydrogen) atoms. The molecule has 9 heteroatoms. The fraction of sp³-hybridized carbons (Fsp3) is 0.435. The van der Waals surface area contributed by atoms with Gasteiger partial charge in [0.15, 0.2) is 5.82 Å². The Morgan fingerprint density at radius 2 is 2.12 bits per heavy atom. The third kappa shape index (κ3) is 5.95. The molecule has 0 radical (unpaired) electrons. The van der Waals surface area contributed by atoms with Gasteiger partial charge in [0.25, 0.3) is 0 Å². The number of hydrogen-bond acceptors (Lipinski definition) is 8. The minimum Gasteiger partial charge on any atom is -0.489 e. The van der Waals surface area contributed by atoms with Gasteiger partial charge in [-0.2, -0.15) is 0 Å². The van der Waals surface area contributed by atoms with Gasteiger partial charge in [0.2, 0.25) is 0 Å². The Kier molecular flexibility index (Phi) is 8.41. The number of allylic oxidation sites excluding steroid dienone is 2. The Hall–Kier alpha value is -3.17. The summed E-state index contributed by atoms with van der Waals surface area (Å²) in [5, 5.41) is 25.1. The summed E-state index contributed by atoms with van der Waals surface area (Å²) in [4.78, 5) is 7.10. The Labute approximate surface area is 188 Å². The summed E-state index contributed by atoms with van der Waals surface area (Å²) in [5.74, 6) is 0.997. The third-order valence-electron chi connectivity index (χ3n) is 5.15. The highest BCUT2D eigenvalue weighted by atomic mass is 16.5. The number of aromatic nitrogens is 2. The minimum atomic E-state index is -0.134. The van der Waals surface area contributed by atoms with Crippen LogP contribution >= 0.6 is 0 Å². The highest BCUT2D eigenvalue weighted by Gasteiger charge is 2.18. The lowest BCUT2D eigenvalue weighted by atomic mass is 10.1. The maximum Gasteiger partial charge on any atom is 0.175 e. The van der Waals surface area contributed by atoms with Gasteiger partial charge in [-0.05, 0) is 38.2 Å². The molecule has 0 saturated heterocycles. The van der Waals surface area contributed by atoms with Crippen molar-refractivity contribution in [3.8, 4) is 0 Å². The molecule has 2 aromatic rings. The van der Waals surface area contributed by atoms with Crippen molar-refractivity contribution in [1.29, 1.82) is 5.41 Å². The van der Waals surface area contributed by atoms with Crippen LogP contribution in [-0.2, 0) is 4.74 Å². The van der Waals surface area contributed by atoms with Crippen LogP contribution in [0.3, 0.4) is 0 Å². The summed E-state index contributed by atoms with van der Waals surface area (Å²) < 4.78 is 7.24. The van der Waals surface area contributed by atoms with Crippen LogP contribution in [0.5, 0.6) is 0 Å². The predicted molar refractivity (Wildman–Crippen MR) is 129 cm³/mol. The second kappa shape index (κ2) is 11.4. The van der Waals surface area contributed by atoms with Gasteiger partial charge in [-0.1, -0.05) is 25.8 Å². The highest BCUT2D eigenvalue weighted by Crippen LogP contribution is 2.31. The van der Waals surface area contributed by atoms with E-state index in [0.29, 0.717) is 28.7 Å². The average molecular weight is 440 g/mol. The fourth-order valence-electron chi connectivity index (χ4n) is 3.40. The molecule has 0 saturated carbocycles. The van der Waals surface area contributed by atoms with Crippen LogP contribution in [-0.4, -0.2) is 70.9 Å². The number of nitrogens with one attached hydrogen (secondary N) is 2. The van der Waals surface area contributed by atoms with E-state index in [-0.39, 0.29) is 18.9 Å². The van der Waals surface area contributed by atoms with Gasteiger partial charge in [-0.25, -0.2) is 9.51 Å². The molecule has 2 aromatic heterocycles. The number of likely N-dealkylation sites (N-methyl/N-ethyl adjacent to an activating group) is 1. The molecule has 0 spiro atoms. The Morgan fingerprint density at radius 1 is 1.28 bits per heavy atom. The molecule has 0 amide bonds. The van der Waals surface area contributed by atoms with Crippen LogP contribution in [0.4, 0.5) is 11.5 Å². The van der Waals surface area contributed by atoms with Crippen LogP contribution in [0.1, 0.15) is 26.2 Å². The number of unbranched alkanes of at least 4 members (excludes halogenated alkanes) is 2. The molecular formula is C23H33N7O2. The van der Waals surface area contributed by atoms with E-state index in [1.54, 1.807) is 10.6 Å². The zero-order valence-electron chi connectivity index (χ0n) is 18.8. The number of nitrogens with two attached hydrogens (primary N) is 1. The van der Waals surface area contributed by atoms with Gasteiger partial charge < -0.3 is 25.8 Å². The summed E-state index contributed by atoms with van der Waals surface area (Å²) in [6.07, 6.45) is 8.68. The molecule has 3 rings (SSSR count). The van der Waals surface area contributed by atoms with Gasteiger partial charge in [-0.3, -0.25) is 5.41 Å². The number of aliphatic hydroxyl groups is 1. The third-order valence-corrected chi connectivity index (χ3v) is 5.15. The van der Waals surface area contributed by atoms with Gasteiger partial charge in [0.05, 0.1) is 29.2 Å². The van der Waals surface area contributed by atoms with Crippen LogP contribution in [0, 0.1) is 5.41 Å². The maximum absolute atomic E-state index is 9.03. The summed E-state index contributed by atoms with van der Waals surface area (Å²) in [7, 11) is 2.13. The van der Waals surface area contributed by atoms with Gasteiger partial charge in [-0.15, -0.1) is 5.10 Å². The van der Waals surface area contributed by atoms with Gasteiger partial charge in [0.1, 0.15) is 18.1 Å². The quantitative estimate of drug-likeness (QED) is 0.298. The number of nitrogens with zero attached hydrogens (tertiary/aromatic N) is 4. The van der Waals surface area contributed by atoms with E-state index in [4.69, 9.17) is 26.0 Å². The number of hydrogen-bond donors (Lipinski definition) is 4. The van der Waals surface area contributed by atoms with Crippen molar-refractivity contribution < 1.29 is 9.84 Å². The number of ether oxygens (including phenoxy) is 1. The van der Waals surface area contributed by atoms with Crippen molar-refractivity contribution in [3.63, 3.8) is 0 Å². The van der Waals surface area contributed by atoms with E-state index in [1.807, 2.05) is 24.4 Å². The molecule has 0 fully saturated rings. The Bertz CT molecular complexity index is 1020. The standard InChI is InChI=1S/C23H33N7O2/c1-3-4-6-10-29(2)12-9-26-23-22(20-8-5-7-11-30(20)28-23)27-19-16-21(32-14-13-31)18(25)15-17(19)24/h5,7-8,11,15-16,25,31H,3-4,6,9-10,12-14,24H2,1-2H3,(H,26,28)/b25-18?,27-19+. The smallest absolute Gasteiger partial charge is 0.175 e. The molecule has 172 valence electrons. The number of aliphatic imine (C=N–C) groups is 1. The van der Waals surface area contributed by atoms with E-state index in [0.717, 1.165) is 25.2 Å². The van der Waals surface area contributed by atoms with E-state index >= 15 is 0 Å². The number of aliphatic hydroxyl groups excluding tert-OH is 1. The number of anilines is 1. The van der Waals surface area contributed by atoms with Gasteiger partial charge >= 0.3 is 0 Å². The highest BCUT2D eigenvalue weighted by molar-refractivity contribution is 6.22. The zero-order chi connectivity index (χ0) is 22.9. The van der Waals surface area contributed by atoms with Crippen molar-refractivity contribution in [1.82, 2.24) is 14.5 Å². The predicted octanol–water partition coefficient (Wildman–Crippen LogP) is 2.71. The Balaban J connectivity index is 1.83. The number of pyridine rings is 1. The van der Waals surface area contributed by atoms with E-state index in [9.17, 15) is 0 Å². The normalized spacial score (nSPS) is 15.4. The lowest BCUT2D eigenvalue weighted by molar-refractivity contribution is 0.156. The molecule has 0 unspecified atom stereocenters. The maximum atomic E-state index is 9.03.